The lowest BCUT2D eigenvalue weighted by Crippen LogP contribution is -2.25. The monoisotopic (exact) mass is 299 g/mol. The Morgan fingerprint density at radius 2 is 2.15 bits per heavy atom. The molecule has 1 aromatic carbocycles. The van der Waals surface area contributed by atoms with Crippen LogP contribution < -0.4 is 10.5 Å². The van der Waals surface area contributed by atoms with Crippen LogP contribution in [0.3, 0.4) is 0 Å². The first-order valence-electron chi connectivity index (χ1n) is 5.77. The van der Waals surface area contributed by atoms with Gasteiger partial charge in [-0.25, -0.2) is 17.5 Å². The third kappa shape index (κ3) is 2.66. The molecule has 0 aliphatic rings. The van der Waals surface area contributed by atoms with Crippen LogP contribution in [0.2, 0.25) is 0 Å². The molecular formula is C12H14FN3O3S. The largest absolute Gasteiger partial charge is 0.396 e. The van der Waals surface area contributed by atoms with E-state index in [0.717, 1.165) is 6.07 Å². The highest BCUT2D eigenvalue weighted by Gasteiger charge is 2.22. The summed E-state index contributed by atoms with van der Waals surface area (Å²) in [5.74, 6) is -0.629. The van der Waals surface area contributed by atoms with E-state index in [1.807, 2.05) is 0 Å². The molecule has 0 saturated heterocycles. The Kier molecular flexibility index (Phi) is 3.78. The fraction of sp³-hybridized carbons (Fsp3) is 0.250. The van der Waals surface area contributed by atoms with E-state index in [1.54, 1.807) is 6.07 Å². The summed E-state index contributed by atoms with van der Waals surface area (Å²) in [6, 6.07) is 2.65. The zero-order valence-electron chi connectivity index (χ0n) is 11.0. The minimum atomic E-state index is -3.82. The van der Waals surface area contributed by atoms with E-state index in [-0.39, 0.29) is 22.7 Å². The first-order chi connectivity index (χ1) is 9.33. The highest BCUT2D eigenvalue weighted by atomic mass is 32.2. The van der Waals surface area contributed by atoms with Crippen molar-refractivity contribution in [3.05, 3.63) is 41.0 Å². The number of sulfonamides is 1. The standard InChI is InChI=1S/C12H14FN3O3S/c1-7-5-10(13)11(14)8(2)12(7)20(17,18)15-6-9-3-4-19-16-9/h3-5,15H,6,14H2,1-2H3. The minimum Gasteiger partial charge on any atom is -0.396 e. The summed E-state index contributed by atoms with van der Waals surface area (Å²) < 4.78 is 45.0. The normalized spacial score (nSPS) is 11.8. The molecule has 0 aliphatic heterocycles. The highest BCUT2D eigenvalue weighted by Crippen LogP contribution is 2.27. The molecule has 108 valence electrons. The number of nitrogens with one attached hydrogen (secondary N) is 1. The molecule has 2 rings (SSSR count). The van der Waals surface area contributed by atoms with Gasteiger partial charge in [0.15, 0.2) is 0 Å². The molecule has 1 aromatic heterocycles. The zero-order chi connectivity index (χ0) is 14.9. The van der Waals surface area contributed by atoms with Gasteiger partial charge in [-0.3, -0.25) is 0 Å². The third-order valence-corrected chi connectivity index (χ3v) is 4.60. The van der Waals surface area contributed by atoms with E-state index < -0.39 is 15.8 Å². The molecule has 20 heavy (non-hydrogen) atoms. The second-order valence-electron chi connectivity index (χ2n) is 4.36. The van der Waals surface area contributed by atoms with Crippen LogP contribution in [-0.2, 0) is 16.6 Å². The summed E-state index contributed by atoms with van der Waals surface area (Å²) in [4.78, 5) is -0.0140. The molecule has 0 bridgehead atoms. The average molecular weight is 299 g/mol. The average Bonchev–Trinajstić information content (AvgIpc) is 2.86. The zero-order valence-corrected chi connectivity index (χ0v) is 11.8. The Labute approximate surface area is 115 Å². The number of nitrogens with zero attached hydrogens (tertiary/aromatic N) is 1. The van der Waals surface area contributed by atoms with Gasteiger partial charge >= 0.3 is 0 Å². The van der Waals surface area contributed by atoms with Crippen molar-refractivity contribution in [3.8, 4) is 0 Å². The van der Waals surface area contributed by atoms with Crippen LogP contribution in [0.1, 0.15) is 16.8 Å². The fourth-order valence-corrected chi connectivity index (χ4v) is 3.39. The predicted molar refractivity (Wildman–Crippen MR) is 70.8 cm³/mol. The van der Waals surface area contributed by atoms with E-state index in [9.17, 15) is 12.8 Å². The molecule has 0 radical (unpaired) electrons. The van der Waals surface area contributed by atoms with Crippen LogP contribution in [-0.4, -0.2) is 13.6 Å². The van der Waals surface area contributed by atoms with Gasteiger partial charge in [-0.05, 0) is 31.0 Å². The lowest BCUT2D eigenvalue weighted by molar-refractivity contribution is 0.411. The highest BCUT2D eigenvalue weighted by molar-refractivity contribution is 7.89. The molecular weight excluding hydrogens is 285 g/mol. The van der Waals surface area contributed by atoms with Crippen molar-refractivity contribution in [3.63, 3.8) is 0 Å². The Morgan fingerprint density at radius 1 is 1.45 bits per heavy atom. The molecule has 0 aliphatic carbocycles. The Balaban J connectivity index is 2.37. The number of benzene rings is 1. The summed E-state index contributed by atoms with van der Waals surface area (Å²) >= 11 is 0. The van der Waals surface area contributed by atoms with E-state index in [2.05, 4.69) is 14.4 Å². The minimum absolute atomic E-state index is 0.0140. The first-order valence-corrected chi connectivity index (χ1v) is 7.25. The van der Waals surface area contributed by atoms with Crippen LogP contribution in [0.4, 0.5) is 10.1 Å². The van der Waals surface area contributed by atoms with Gasteiger partial charge < -0.3 is 10.3 Å². The maximum absolute atomic E-state index is 13.5. The maximum Gasteiger partial charge on any atom is 0.241 e. The number of anilines is 1. The summed E-state index contributed by atoms with van der Waals surface area (Å²) in [6.07, 6.45) is 1.34. The second kappa shape index (κ2) is 5.22. The number of aromatic nitrogens is 1. The van der Waals surface area contributed by atoms with Crippen molar-refractivity contribution >= 4 is 15.7 Å². The predicted octanol–water partition coefficient (Wildman–Crippen LogP) is 1.49. The SMILES string of the molecule is Cc1cc(F)c(N)c(C)c1S(=O)(=O)NCc1ccon1. The topological polar surface area (TPSA) is 98.2 Å². The Morgan fingerprint density at radius 3 is 2.75 bits per heavy atom. The Bertz CT molecular complexity index is 727. The van der Waals surface area contributed by atoms with Crippen molar-refractivity contribution in [2.45, 2.75) is 25.3 Å². The van der Waals surface area contributed by atoms with Crippen LogP contribution in [0.5, 0.6) is 0 Å². The lowest BCUT2D eigenvalue weighted by atomic mass is 10.1. The molecule has 0 fully saturated rings. The smallest absolute Gasteiger partial charge is 0.241 e. The summed E-state index contributed by atoms with van der Waals surface area (Å²) in [6.45, 7) is 2.96. The summed E-state index contributed by atoms with van der Waals surface area (Å²) in [5.41, 5.74) is 6.30. The van der Waals surface area contributed by atoms with Gasteiger partial charge in [0.2, 0.25) is 10.0 Å². The number of nitrogens with two attached hydrogens (primary N) is 1. The molecule has 0 amide bonds. The molecule has 2 aromatic rings. The number of rotatable bonds is 4. The quantitative estimate of drug-likeness (QED) is 0.833. The summed E-state index contributed by atoms with van der Waals surface area (Å²) in [7, 11) is -3.82. The van der Waals surface area contributed by atoms with E-state index in [1.165, 1.54) is 20.1 Å². The second-order valence-corrected chi connectivity index (χ2v) is 6.06. The van der Waals surface area contributed by atoms with Gasteiger partial charge in [-0.1, -0.05) is 5.16 Å². The van der Waals surface area contributed by atoms with Crippen LogP contribution in [0.25, 0.3) is 0 Å². The molecule has 0 saturated carbocycles. The van der Waals surface area contributed by atoms with Crippen LogP contribution in [0.15, 0.2) is 27.8 Å². The van der Waals surface area contributed by atoms with Crippen LogP contribution >= 0.6 is 0 Å². The number of nitrogen functional groups attached to an aromatic ring is 1. The van der Waals surface area contributed by atoms with Crippen LogP contribution in [0, 0.1) is 19.7 Å². The van der Waals surface area contributed by atoms with E-state index in [0.29, 0.717) is 11.3 Å². The van der Waals surface area contributed by atoms with Crippen molar-refractivity contribution < 1.29 is 17.3 Å². The van der Waals surface area contributed by atoms with Gasteiger partial charge in [-0.2, -0.15) is 0 Å². The van der Waals surface area contributed by atoms with E-state index in [4.69, 9.17) is 5.73 Å². The van der Waals surface area contributed by atoms with Gasteiger partial charge in [-0.15, -0.1) is 0 Å². The number of halogens is 1. The Hall–Kier alpha value is -1.93. The number of hydrogen-bond donors (Lipinski definition) is 2. The van der Waals surface area contributed by atoms with E-state index >= 15 is 0 Å². The van der Waals surface area contributed by atoms with Gasteiger partial charge in [0.25, 0.3) is 0 Å². The molecule has 0 atom stereocenters. The van der Waals surface area contributed by atoms with Gasteiger partial charge in [0, 0.05) is 6.07 Å². The van der Waals surface area contributed by atoms with Gasteiger partial charge in [0.05, 0.1) is 22.8 Å². The molecule has 1 heterocycles. The van der Waals surface area contributed by atoms with Crippen molar-refractivity contribution in [2.24, 2.45) is 0 Å². The van der Waals surface area contributed by atoms with Crippen molar-refractivity contribution in [1.29, 1.82) is 0 Å². The molecule has 0 unspecified atom stereocenters. The first kappa shape index (κ1) is 14.5. The maximum atomic E-state index is 13.5. The number of hydrogen-bond acceptors (Lipinski definition) is 5. The molecule has 3 N–H and O–H groups in total. The van der Waals surface area contributed by atoms with Crippen molar-refractivity contribution in [1.82, 2.24) is 9.88 Å². The lowest BCUT2D eigenvalue weighted by Gasteiger charge is -2.13. The molecule has 8 heteroatoms. The van der Waals surface area contributed by atoms with Crippen molar-refractivity contribution in [2.75, 3.05) is 5.73 Å². The fourth-order valence-electron chi connectivity index (χ4n) is 1.91. The molecule has 6 nitrogen and oxygen atoms in total. The number of aryl methyl sites for hydroxylation is 1. The third-order valence-electron chi connectivity index (χ3n) is 2.91. The van der Waals surface area contributed by atoms with Gasteiger partial charge in [0.1, 0.15) is 12.1 Å². The summed E-state index contributed by atoms with van der Waals surface area (Å²) in [5, 5.41) is 3.60. The molecule has 0 spiro atoms.